The fourth-order valence-electron chi connectivity index (χ4n) is 0.793. The van der Waals surface area contributed by atoms with Crippen molar-refractivity contribution in [2.45, 2.75) is 19.9 Å². The van der Waals surface area contributed by atoms with Crippen molar-refractivity contribution in [3.63, 3.8) is 0 Å². The van der Waals surface area contributed by atoms with Gasteiger partial charge >= 0.3 is 0 Å². The maximum absolute atomic E-state index is 10.6. The van der Waals surface area contributed by atoms with Crippen molar-refractivity contribution >= 4 is 5.78 Å². The standard InChI is InChI=1S/C6H9NO/c1-4-3-6(8)5(2)7-4/h3,5,7H,1-2H3. The highest BCUT2D eigenvalue weighted by molar-refractivity contribution is 5.96. The molecule has 0 aromatic heterocycles. The van der Waals surface area contributed by atoms with Crippen molar-refractivity contribution in [1.82, 2.24) is 5.32 Å². The molecule has 44 valence electrons. The van der Waals surface area contributed by atoms with E-state index in [4.69, 9.17) is 0 Å². The summed E-state index contributed by atoms with van der Waals surface area (Å²) >= 11 is 0. The van der Waals surface area contributed by atoms with Crippen LogP contribution in [-0.2, 0) is 4.79 Å². The van der Waals surface area contributed by atoms with Gasteiger partial charge in [-0.05, 0) is 13.8 Å². The Morgan fingerprint density at radius 1 is 1.75 bits per heavy atom. The molecule has 1 unspecified atom stereocenters. The number of hydrogen-bond acceptors (Lipinski definition) is 2. The lowest BCUT2D eigenvalue weighted by Gasteiger charge is -2.00. The van der Waals surface area contributed by atoms with Crippen LogP contribution in [0.1, 0.15) is 13.8 Å². The van der Waals surface area contributed by atoms with Crippen LogP contribution in [0.3, 0.4) is 0 Å². The highest BCUT2D eigenvalue weighted by Gasteiger charge is 2.15. The van der Waals surface area contributed by atoms with Gasteiger partial charge in [-0.25, -0.2) is 0 Å². The van der Waals surface area contributed by atoms with Gasteiger partial charge in [-0.2, -0.15) is 0 Å². The molecule has 1 atom stereocenters. The van der Waals surface area contributed by atoms with Crippen LogP contribution in [0.15, 0.2) is 11.8 Å². The first-order valence-electron chi connectivity index (χ1n) is 2.69. The van der Waals surface area contributed by atoms with Crippen molar-refractivity contribution < 1.29 is 4.79 Å². The molecule has 1 rings (SSSR count). The monoisotopic (exact) mass is 111 g/mol. The lowest BCUT2D eigenvalue weighted by molar-refractivity contribution is -0.115. The highest BCUT2D eigenvalue weighted by Crippen LogP contribution is 2.01. The Morgan fingerprint density at radius 2 is 2.38 bits per heavy atom. The molecule has 0 spiro atoms. The van der Waals surface area contributed by atoms with Crippen LogP contribution in [0.2, 0.25) is 0 Å². The van der Waals surface area contributed by atoms with Gasteiger partial charge in [0.05, 0.1) is 6.04 Å². The minimum Gasteiger partial charge on any atom is -0.379 e. The number of nitrogens with one attached hydrogen (secondary N) is 1. The van der Waals surface area contributed by atoms with Crippen LogP contribution >= 0.6 is 0 Å². The molecule has 1 heterocycles. The van der Waals surface area contributed by atoms with Gasteiger partial charge < -0.3 is 5.32 Å². The second-order valence-corrected chi connectivity index (χ2v) is 2.10. The first-order valence-corrected chi connectivity index (χ1v) is 2.69. The summed E-state index contributed by atoms with van der Waals surface area (Å²) in [7, 11) is 0. The number of ketones is 1. The van der Waals surface area contributed by atoms with E-state index in [0.29, 0.717) is 0 Å². The van der Waals surface area contributed by atoms with E-state index in [2.05, 4.69) is 5.32 Å². The fraction of sp³-hybridized carbons (Fsp3) is 0.500. The van der Waals surface area contributed by atoms with E-state index in [9.17, 15) is 4.79 Å². The third-order valence-electron chi connectivity index (χ3n) is 1.23. The Hall–Kier alpha value is -0.790. The molecule has 0 aromatic carbocycles. The largest absolute Gasteiger partial charge is 0.379 e. The summed E-state index contributed by atoms with van der Waals surface area (Å²) in [4.78, 5) is 10.6. The summed E-state index contributed by atoms with van der Waals surface area (Å²) in [6.07, 6.45) is 1.63. The van der Waals surface area contributed by atoms with Gasteiger partial charge in [-0.15, -0.1) is 0 Å². The molecule has 0 fully saturated rings. The average Bonchev–Trinajstić information content (AvgIpc) is 1.85. The molecule has 0 bridgehead atoms. The SMILES string of the molecule is CC1=CC(=O)C(C)N1. The zero-order chi connectivity index (χ0) is 6.15. The third-order valence-corrected chi connectivity index (χ3v) is 1.23. The molecular weight excluding hydrogens is 102 g/mol. The predicted octanol–water partition coefficient (Wildman–Crippen LogP) is 0.451. The predicted molar refractivity (Wildman–Crippen MR) is 31.4 cm³/mol. The molecule has 2 nitrogen and oxygen atoms in total. The number of allylic oxidation sites excluding steroid dienone is 1. The summed E-state index contributed by atoms with van der Waals surface area (Å²) < 4.78 is 0. The van der Waals surface area contributed by atoms with Crippen molar-refractivity contribution in [2.75, 3.05) is 0 Å². The van der Waals surface area contributed by atoms with Crippen molar-refractivity contribution in [1.29, 1.82) is 0 Å². The van der Waals surface area contributed by atoms with Crippen molar-refractivity contribution in [2.24, 2.45) is 0 Å². The second-order valence-electron chi connectivity index (χ2n) is 2.10. The third kappa shape index (κ3) is 0.735. The normalized spacial score (nSPS) is 27.5. The summed E-state index contributed by atoms with van der Waals surface area (Å²) in [6.45, 7) is 3.75. The van der Waals surface area contributed by atoms with Crippen molar-refractivity contribution in [3.8, 4) is 0 Å². The molecule has 1 aliphatic rings. The van der Waals surface area contributed by atoms with E-state index in [1.807, 2.05) is 13.8 Å². The number of hydrogen-bond donors (Lipinski definition) is 1. The molecule has 0 aromatic rings. The summed E-state index contributed by atoms with van der Waals surface area (Å²) in [5.74, 6) is 0.183. The Bertz CT molecular complexity index is 149. The van der Waals surface area contributed by atoms with E-state index in [0.717, 1.165) is 5.70 Å². The number of carbonyl (C=O) groups is 1. The molecule has 8 heavy (non-hydrogen) atoms. The summed E-state index contributed by atoms with van der Waals surface area (Å²) in [5.41, 5.74) is 0.975. The smallest absolute Gasteiger partial charge is 0.179 e. The van der Waals surface area contributed by atoms with Crippen LogP contribution in [-0.4, -0.2) is 11.8 Å². The van der Waals surface area contributed by atoms with Crippen LogP contribution in [0.5, 0.6) is 0 Å². The maximum Gasteiger partial charge on any atom is 0.179 e. The second kappa shape index (κ2) is 1.62. The zero-order valence-corrected chi connectivity index (χ0v) is 5.06. The Balaban J connectivity index is 2.70. The van der Waals surface area contributed by atoms with Gasteiger partial charge in [0.2, 0.25) is 0 Å². The van der Waals surface area contributed by atoms with Gasteiger partial charge in [-0.3, -0.25) is 4.79 Å². The minimum absolute atomic E-state index is 0.00926. The average molecular weight is 111 g/mol. The molecular formula is C6H9NO. The molecule has 1 aliphatic heterocycles. The topological polar surface area (TPSA) is 29.1 Å². The van der Waals surface area contributed by atoms with Crippen molar-refractivity contribution in [3.05, 3.63) is 11.8 Å². The number of rotatable bonds is 0. The van der Waals surface area contributed by atoms with Crippen LogP contribution in [0.25, 0.3) is 0 Å². The highest BCUT2D eigenvalue weighted by atomic mass is 16.1. The molecule has 2 heteroatoms. The molecule has 0 saturated heterocycles. The quantitative estimate of drug-likeness (QED) is 0.491. The van der Waals surface area contributed by atoms with Gasteiger partial charge in [0, 0.05) is 11.8 Å². The van der Waals surface area contributed by atoms with Gasteiger partial charge in [0.15, 0.2) is 5.78 Å². The minimum atomic E-state index is 0.00926. The van der Waals surface area contributed by atoms with Crippen LogP contribution < -0.4 is 5.32 Å². The van der Waals surface area contributed by atoms with E-state index in [1.54, 1.807) is 6.08 Å². The lowest BCUT2D eigenvalue weighted by atomic mass is 10.3. The van der Waals surface area contributed by atoms with Gasteiger partial charge in [0.1, 0.15) is 0 Å². The van der Waals surface area contributed by atoms with E-state index < -0.39 is 0 Å². The molecule has 0 aliphatic carbocycles. The summed E-state index contributed by atoms with van der Waals surface area (Å²) in [5, 5.41) is 2.98. The van der Waals surface area contributed by atoms with Gasteiger partial charge in [0.25, 0.3) is 0 Å². The Labute approximate surface area is 48.6 Å². The van der Waals surface area contributed by atoms with E-state index >= 15 is 0 Å². The first-order chi connectivity index (χ1) is 3.70. The van der Waals surface area contributed by atoms with Crippen LogP contribution in [0.4, 0.5) is 0 Å². The fourth-order valence-corrected chi connectivity index (χ4v) is 0.793. The Morgan fingerprint density at radius 3 is 2.50 bits per heavy atom. The van der Waals surface area contributed by atoms with E-state index in [-0.39, 0.29) is 11.8 Å². The molecule has 0 radical (unpaired) electrons. The van der Waals surface area contributed by atoms with Crippen LogP contribution in [0, 0.1) is 0 Å². The van der Waals surface area contributed by atoms with Gasteiger partial charge in [-0.1, -0.05) is 0 Å². The molecule has 0 saturated carbocycles. The zero-order valence-electron chi connectivity index (χ0n) is 5.06. The number of carbonyl (C=O) groups excluding carboxylic acids is 1. The molecule has 1 N–H and O–H groups in total. The first kappa shape index (κ1) is 5.35. The summed E-state index contributed by atoms with van der Waals surface area (Å²) in [6, 6.07) is 0.00926. The molecule has 0 amide bonds. The van der Waals surface area contributed by atoms with E-state index in [1.165, 1.54) is 0 Å². The maximum atomic E-state index is 10.6. The Kier molecular flexibility index (Phi) is 1.08. The lowest BCUT2D eigenvalue weighted by Crippen LogP contribution is -2.23.